The zero-order valence-corrected chi connectivity index (χ0v) is 11.3. The zero-order chi connectivity index (χ0) is 12.5. The molecule has 1 heterocycles. The van der Waals surface area contributed by atoms with Gasteiger partial charge in [-0.1, -0.05) is 13.3 Å². The van der Waals surface area contributed by atoms with E-state index in [9.17, 15) is 13.5 Å². The molecule has 0 aromatic rings. The lowest BCUT2D eigenvalue weighted by molar-refractivity contribution is 0.112. The second-order valence-electron chi connectivity index (χ2n) is 5.85. The maximum absolute atomic E-state index is 11.3. The molecule has 1 aliphatic carbocycles. The lowest BCUT2D eigenvalue weighted by Gasteiger charge is -2.35. The Bertz CT molecular complexity index is 354. The van der Waals surface area contributed by atoms with E-state index in [2.05, 4.69) is 12.2 Å². The Balaban J connectivity index is 1.90. The van der Waals surface area contributed by atoms with Crippen LogP contribution in [-0.2, 0) is 9.84 Å². The fourth-order valence-electron chi connectivity index (χ4n) is 3.05. The average molecular weight is 261 g/mol. The predicted octanol–water partition coefficient (Wildman–Crippen LogP) is 0.704. The molecule has 2 fully saturated rings. The van der Waals surface area contributed by atoms with Gasteiger partial charge in [0, 0.05) is 24.1 Å². The molecular formula is C12H23NO3S. The second kappa shape index (κ2) is 4.86. The molecule has 5 heteroatoms. The maximum Gasteiger partial charge on any atom is 0.150 e. The first kappa shape index (κ1) is 13.3. The topological polar surface area (TPSA) is 66.4 Å². The van der Waals surface area contributed by atoms with Crippen molar-refractivity contribution in [3.05, 3.63) is 0 Å². The molecule has 2 rings (SSSR count). The molecule has 4 nitrogen and oxygen atoms in total. The molecule has 0 radical (unpaired) electrons. The van der Waals surface area contributed by atoms with Crippen molar-refractivity contribution in [2.24, 2.45) is 5.41 Å². The first-order chi connectivity index (χ1) is 7.95. The third-order valence-electron chi connectivity index (χ3n) is 4.43. The van der Waals surface area contributed by atoms with E-state index in [1.165, 1.54) is 0 Å². The van der Waals surface area contributed by atoms with Gasteiger partial charge in [-0.3, -0.25) is 0 Å². The molecule has 2 N–H and O–H groups in total. The Morgan fingerprint density at radius 2 is 1.94 bits per heavy atom. The summed E-state index contributed by atoms with van der Waals surface area (Å²) in [6, 6.07) is 0.658. The van der Waals surface area contributed by atoms with Crippen LogP contribution in [0.4, 0.5) is 0 Å². The number of sulfone groups is 1. The quantitative estimate of drug-likeness (QED) is 0.785. The molecule has 1 aliphatic heterocycles. The highest BCUT2D eigenvalue weighted by Gasteiger charge is 2.39. The van der Waals surface area contributed by atoms with E-state index in [-0.39, 0.29) is 12.0 Å². The second-order valence-corrected chi connectivity index (χ2v) is 8.15. The molecule has 0 amide bonds. The summed E-state index contributed by atoms with van der Waals surface area (Å²) in [7, 11) is -2.77. The molecule has 100 valence electrons. The van der Waals surface area contributed by atoms with Crippen LogP contribution in [-0.4, -0.2) is 43.7 Å². The average Bonchev–Trinajstić information content (AvgIpc) is 2.64. The van der Waals surface area contributed by atoms with Gasteiger partial charge in [0.15, 0.2) is 0 Å². The van der Waals surface area contributed by atoms with E-state index in [0.29, 0.717) is 23.6 Å². The third-order valence-corrected chi connectivity index (χ3v) is 6.15. The lowest BCUT2D eigenvalue weighted by Crippen LogP contribution is -2.49. The van der Waals surface area contributed by atoms with Crippen molar-refractivity contribution in [2.45, 2.75) is 51.1 Å². The number of hydrogen-bond donors (Lipinski definition) is 2. The fraction of sp³-hybridized carbons (Fsp3) is 1.00. The van der Waals surface area contributed by atoms with Gasteiger partial charge in [-0.15, -0.1) is 0 Å². The molecular weight excluding hydrogens is 238 g/mol. The van der Waals surface area contributed by atoms with Gasteiger partial charge in [0.25, 0.3) is 0 Å². The van der Waals surface area contributed by atoms with E-state index in [1.807, 2.05) is 0 Å². The first-order valence-electron chi connectivity index (χ1n) is 6.52. The van der Waals surface area contributed by atoms with E-state index in [4.69, 9.17) is 0 Å². The molecule has 1 saturated carbocycles. The molecule has 2 unspecified atom stereocenters. The van der Waals surface area contributed by atoms with Crippen LogP contribution in [0, 0.1) is 5.41 Å². The molecule has 0 aromatic carbocycles. The van der Waals surface area contributed by atoms with Gasteiger partial charge >= 0.3 is 0 Å². The van der Waals surface area contributed by atoms with Crippen molar-refractivity contribution in [2.75, 3.05) is 18.1 Å². The summed E-state index contributed by atoms with van der Waals surface area (Å²) >= 11 is 0. The van der Waals surface area contributed by atoms with Crippen LogP contribution in [0.1, 0.15) is 39.0 Å². The fourth-order valence-corrected chi connectivity index (χ4v) is 4.54. The van der Waals surface area contributed by atoms with Crippen LogP contribution >= 0.6 is 0 Å². The van der Waals surface area contributed by atoms with Crippen molar-refractivity contribution in [3.8, 4) is 0 Å². The molecule has 0 bridgehead atoms. The van der Waals surface area contributed by atoms with Crippen LogP contribution in [0.25, 0.3) is 0 Å². The monoisotopic (exact) mass is 261 g/mol. The number of aliphatic hydroxyl groups excluding tert-OH is 1. The Hall–Kier alpha value is -0.130. The number of rotatable bonds is 3. The minimum atomic E-state index is -2.77. The Morgan fingerprint density at radius 1 is 1.29 bits per heavy atom. The van der Waals surface area contributed by atoms with E-state index < -0.39 is 9.84 Å². The summed E-state index contributed by atoms with van der Waals surface area (Å²) in [5.41, 5.74) is -0.0175. The van der Waals surface area contributed by atoms with Gasteiger partial charge in [0.2, 0.25) is 0 Å². The molecule has 1 saturated heterocycles. The Morgan fingerprint density at radius 3 is 2.53 bits per heavy atom. The molecule has 2 aliphatic rings. The van der Waals surface area contributed by atoms with Gasteiger partial charge < -0.3 is 10.4 Å². The number of hydrogen-bond acceptors (Lipinski definition) is 4. The highest BCUT2D eigenvalue weighted by atomic mass is 32.2. The van der Waals surface area contributed by atoms with E-state index in [0.717, 1.165) is 32.1 Å². The summed E-state index contributed by atoms with van der Waals surface area (Å²) in [4.78, 5) is 0. The van der Waals surface area contributed by atoms with Crippen molar-refractivity contribution in [1.29, 1.82) is 0 Å². The summed E-state index contributed by atoms with van der Waals surface area (Å²) in [5, 5.41) is 13.0. The SMILES string of the molecule is CC1(CO)CCCC1NC1CCS(=O)(=O)CC1. The van der Waals surface area contributed by atoms with Crippen molar-refractivity contribution in [1.82, 2.24) is 5.32 Å². The van der Waals surface area contributed by atoms with Crippen LogP contribution in [0.5, 0.6) is 0 Å². The van der Waals surface area contributed by atoms with Crippen molar-refractivity contribution >= 4 is 9.84 Å². The summed E-state index contributed by atoms with van der Waals surface area (Å²) in [6.07, 6.45) is 4.76. The minimum Gasteiger partial charge on any atom is -0.396 e. The highest BCUT2D eigenvalue weighted by Crippen LogP contribution is 2.38. The smallest absolute Gasteiger partial charge is 0.150 e. The van der Waals surface area contributed by atoms with Gasteiger partial charge in [0.1, 0.15) is 9.84 Å². The standard InChI is InChI=1S/C12H23NO3S/c1-12(9-14)6-2-3-11(12)13-10-4-7-17(15,16)8-5-10/h10-11,13-14H,2-9H2,1H3. The predicted molar refractivity (Wildman–Crippen MR) is 67.6 cm³/mol. The zero-order valence-electron chi connectivity index (χ0n) is 10.5. The molecule has 2 atom stereocenters. The molecule has 0 spiro atoms. The minimum absolute atomic E-state index is 0.0175. The van der Waals surface area contributed by atoms with Crippen molar-refractivity contribution < 1.29 is 13.5 Å². The van der Waals surface area contributed by atoms with Crippen LogP contribution in [0.2, 0.25) is 0 Å². The van der Waals surface area contributed by atoms with Gasteiger partial charge in [0.05, 0.1) is 11.5 Å². The summed E-state index contributed by atoms with van der Waals surface area (Å²) in [6.45, 7) is 2.34. The summed E-state index contributed by atoms with van der Waals surface area (Å²) < 4.78 is 22.7. The van der Waals surface area contributed by atoms with E-state index in [1.54, 1.807) is 0 Å². The molecule has 17 heavy (non-hydrogen) atoms. The van der Waals surface area contributed by atoms with Crippen LogP contribution in [0.15, 0.2) is 0 Å². The van der Waals surface area contributed by atoms with Gasteiger partial charge in [-0.2, -0.15) is 0 Å². The Kier molecular flexibility index (Phi) is 3.80. The van der Waals surface area contributed by atoms with E-state index >= 15 is 0 Å². The number of aliphatic hydroxyl groups is 1. The van der Waals surface area contributed by atoms with Gasteiger partial charge in [-0.05, 0) is 25.7 Å². The maximum atomic E-state index is 11.3. The van der Waals surface area contributed by atoms with Crippen molar-refractivity contribution in [3.63, 3.8) is 0 Å². The lowest BCUT2D eigenvalue weighted by atomic mass is 9.85. The third kappa shape index (κ3) is 3.01. The number of nitrogens with one attached hydrogen (secondary N) is 1. The highest BCUT2D eigenvalue weighted by molar-refractivity contribution is 7.91. The van der Waals surface area contributed by atoms with Gasteiger partial charge in [-0.25, -0.2) is 8.42 Å². The van der Waals surface area contributed by atoms with Crippen LogP contribution < -0.4 is 5.32 Å². The Labute approximate surface area is 104 Å². The largest absolute Gasteiger partial charge is 0.396 e. The molecule has 0 aromatic heterocycles. The normalized spacial score (nSPS) is 38.4. The van der Waals surface area contributed by atoms with Crippen LogP contribution in [0.3, 0.4) is 0 Å². The summed E-state index contributed by atoms with van der Waals surface area (Å²) in [5.74, 6) is 0.625. The first-order valence-corrected chi connectivity index (χ1v) is 8.35.